The molecule has 2 N–H and O–H groups in total. The second kappa shape index (κ2) is 11.4. The van der Waals surface area contributed by atoms with E-state index >= 15 is 0 Å². The zero-order valence-electron chi connectivity index (χ0n) is 14.3. The summed E-state index contributed by atoms with van der Waals surface area (Å²) < 4.78 is 0. The summed E-state index contributed by atoms with van der Waals surface area (Å²) in [7, 11) is 0. The zero-order chi connectivity index (χ0) is 15.5. The summed E-state index contributed by atoms with van der Waals surface area (Å²) in [6, 6.07) is 0.536. The molecule has 3 nitrogen and oxygen atoms in total. The lowest BCUT2D eigenvalue weighted by molar-refractivity contribution is 0.0499. The molecule has 0 saturated heterocycles. The van der Waals surface area contributed by atoms with Crippen LogP contribution in [0.5, 0.6) is 0 Å². The first-order valence-corrected chi connectivity index (χ1v) is 9.19. The summed E-state index contributed by atoms with van der Waals surface area (Å²) in [5, 5.41) is 19.5. The number of aliphatic hydroxyl groups is 2. The first-order chi connectivity index (χ1) is 10.1. The molecule has 0 aromatic rings. The van der Waals surface area contributed by atoms with Gasteiger partial charge in [0.1, 0.15) is 0 Å². The molecular weight excluding hydrogens is 262 g/mol. The average Bonchev–Trinajstić information content (AvgIpc) is 2.37. The Morgan fingerprint density at radius 3 is 1.38 bits per heavy atom. The Labute approximate surface area is 131 Å². The molecule has 0 radical (unpaired) electrons. The van der Waals surface area contributed by atoms with Crippen molar-refractivity contribution < 1.29 is 10.2 Å². The highest BCUT2D eigenvalue weighted by Crippen LogP contribution is 2.21. The molecule has 2 atom stereocenters. The zero-order valence-corrected chi connectivity index (χ0v) is 14.3. The molecule has 2 unspecified atom stereocenters. The molecule has 21 heavy (non-hydrogen) atoms. The maximum absolute atomic E-state index is 9.75. The maximum atomic E-state index is 9.75. The van der Waals surface area contributed by atoms with Crippen LogP contribution in [-0.2, 0) is 0 Å². The second-order valence-corrected chi connectivity index (χ2v) is 7.07. The Bertz CT molecular complexity index is 221. The predicted molar refractivity (Wildman–Crippen MR) is 89.5 cm³/mol. The van der Waals surface area contributed by atoms with Crippen LogP contribution in [0.25, 0.3) is 0 Å². The Hall–Kier alpha value is -0.120. The van der Waals surface area contributed by atoms with E-state index in [4.69, 9.17) is 0 Å². The van der Waals surface area contributed by atoms with E-state index in [-0.39, 0.29) is 12.2 Å². The normalized spacial score (nSPS) is 23.3. The van der Waals surface area contributed by atoms with Crippen molar-refractivity contribution in [1.29, 1.82) is 0 Å². The Balaban J connectivity index is 2.55. The van der Waals surface area contributed by atoms with Gasteiger partial charge in [-0.25, -0.2) is 0 Å². The van der Waals surface area contributed by atoms with Gasteiger partial charge in [-0.1, -0.05) is 57.8 Å². The van der Waals surface area contributed by atoms with Crippen LogP contribution in [0.4, 0.5) is 0 Å². The van der Waals surface area contributed by atoms with Crippen molar-refractivity contribution in [2.75, 3.05) is 13.1 Å². The Kier molecular flexibility index (Phi) is 10.3. The molecule has 0 aromatic heterocycles. The maximum Gasteiger partial charge on any atom is 0.0639 e. The van der Waals surface area contributed by atoms with Gasteiger partial charge in [-0.3, -0.25) is 4.90 Å². The summed E-state index contributed by atoms with van der Waals surface area (Å²) in [6.45, 7) is 5.08. The van der Waals surface area contributed by atoms with Crippen LogP contribution in [0, 0.1) is 0 Å². The van der Waals surface area contributed by atoms with Crippen molar-refractivity contribution in [3.05, 3.63) is 0 Å². The molecule has 126 valence electrons. The molecule has 3 heteroatoms. The molecule has 0 aliphatic heterocycles. The van der Waals surface area contributed by atoms with Gasteiger partial charge < -0.3 is 10.2 Å². The molecule has 1 fully saturated rings. The number of rotatable bonds is 5. The van der Waals surface area contributed by atoms with E-state index in [0.29, 0.717) is 19.1 Å². The van der Waals surface area contributed by atoms with Gasteiger partial charge in [0.2, 0.25) is 0 Å². The fourth-order valence-corrected chi connectivity index (χ4v) is 3.56. The van der Waals surface area contributed by atoms with E-state index in [1.54, 1.807) is 0 Å². The average molecular weight is 299 g/mol. The van der Waals surface area contributed by atoms with Crippen molar-refractivity contribution in [2.45, 2.75) is 103 Å². The van der Waals surface area contributed by atoms with E-state index in [1.807, 2.05) is 13.8 Å². The second-order valence-electron chi connectivity index (χ2n) is 7.07. The third kappa shape index (κ3) is 9.49. The Morgan fingerprint density at radius 2 is 1.05 bits per heavy atom. The minimum absolute atomic E-state index is 0.315. The lowest BCUT2D eigenvalue weighted by Gasteiger charge is -2.34. The van der Waals surface area contributed by atoms with Crippen LogP contribution >= 0.6 is 0 Å². The van der Waals surface area contributed by atoms with Crippen molar-refractivity contribution in [3.8, 4) is 0 Å². The van der Waals surface area contributed by atoms with E-state index in [1.165, 1.54) is 70.6 Å². The van der Waals surface area contributed by atoms with Crippen molar-refractivity contribution in [1.82, 2.24) is 4.90 Å². The molecule has 0 spiro atoms. The van der Waals surface area contributed by atoms with Gasteiger partial charge >= 0.3 is 0 Å². The van der Waals surface area contributed by atoms with Gasteiger partial charge in [0.15, 0.2) is 0 Å². The number of hydrogen-bond donors (Lipinski definition) is 2. The van der Waals surface area contributed by atoms with Crippen LogP contribution in [0.1, 0.15) is 84.5 Å². The van der Waals surface area contributed by atoms with Gasteiger partial charge in [0, 0.05) is 19.1 Å². The standard InChI is InChI=1S/C18H37NO2/c1-16(20)14-19(15-17(2)21)18-12-10-8-6-4-3-5-7-9-11-13-18/h16-18,20-21H,3-15H2,1-2H3. The minimum Gasteiger partial charge on any atom is -0.392 e. The van der Waals surface area contributed by atoms with Crippen LogP contribution in [0.15, 0.2) is 0 Å². The quantitative estimate of drug-likeness (QED) is 0.813. The topological polar surface area (TPSA) is 43.7 Å². The van der Waals surface area contributed by atoms with E-state index in [9.17, 15) is 10.2 Å². The highest BCUT2D eigenvalue weighted by molar-refractivity contribution is 4.76. The third-order valence-corrected chi connectivity index (χ3v) is 4.59. The molecule has 0 bridgehead atoms. The summed E-state index contributed by atoms with van der Waals surface area (Å²) in [4.78, 5) is 2.33. The SMILES string of the molecule is CC(O)CN(CC(C)O)C1CCCCCCCCCCC1. The molecule has 1 saturated carbocycles. The monoisotopic (exact) mass is 299 g/mol. The molecule has 0 heterocycles. The van der Waals surface area contributed by atoms with Gasteiger partial charge in [-0.2, -0.15) is 0 Å². The lowest BCUT2D eigenvalue weighted by Crippen LogP contribution is -2.43. The first-order valence-electron chi connectivity index (χ1n) is 9.19. The molecule has 0 aromatic carbocycles. The highest BCUT2D eigenvalue weighted by atomic mass is 16.3. The largest absolute Gasteiger partial charge is 0.392 e. The fourth-order valence-electron chi connectivity index (χ4n) is 3.56. The number of hydrogen-bond acceptors (Lipinski definition) is 3. The van der Waals surface area contributed by atoms with Gasteiger partial charge in [0.25, 0.3) is 0 Å². The van der Waals surface area contributed by atoms with E-state index < -0.39 is 0 Å². The van der Waals surface area contributed by atoms with Crippen LogP contribution < -0.4 is 0 Å². The van der Waals surface area contributed by atoms with Crippen molar-refractivity contribution in [3.63, 3.8) is 0 Å². The Morgan fingerprint density at radius 1 is 0.714 bits per heavy atom. The number of nitrogens with zero attached hydrogens (tertiary/aromatic N) is 1. The fraction of sp³-hybridized carbons (Fsp3) is 1.00. The van der Waals surface area contributed by atoms with Crippen LogP contribution in [-0.4, -0.2) is 46.5 Å². The summed E-state index contributed by atoms with van der Waals surface area (Å²) in [5.41, 5.74) is 0. The van der Waals surface area contributed by atoms with Gasteiger partial charge in [0.05, 0.1) is 12.2 Å². The minimum atomic E-state index is -0.315. The van der Waals surface area contributed by atoms with Crippen molar-refractivity contribution in [2.24, 2.45) is 0 Å². The first kappa shape index (κ1) is 18.9. The lowest BCUT2D eigenvalue weighted by atomic mass is 9.96. The third-order valence-electron chi connectivity index (χ3n) is 4.59. The van der Waals surface area contributed by atoms with E-state index in [2.05, 4.69) is 4.90 Å². The van der Waals surface area contributed by atoms with Crippen LogP contribution in [0.3, 0.4) is 0 Å². The molecule has 0 amide bonds. The molecular formula is C18H37NO2. The summed E-state index contributed by atoms with van der Waals surface area (Å²) in [5.74, 6) is 0. The molecule has 1 aliphatic carbocycles. The van der Waals surface area contributed by atoms with Crippen molar-refractivity contribution >= 4 is 0 Å². The predicted octanol–water partition coefficient (Wildman–Crippen LogP) is 3.72. The summed E-state index contributed by atoms with van der Waals surface area (Å²) in [6.07, 6.45) is 14.0. The number of aliphatic hydroxyl groups excluding tert-OH is 2. The van der Waals surface area contributed by atoms with E-state index in [0.717, 1.165) is 0 Å². The highest BCUT2D eigenvalue weighted by Gasteiger charge is 2.21. The smallest absolute Gasteiger partial charge is 0.0639 e. The van der Waals surface area contributed by atoms with Gasteiger partial charge in [-0.15, -0.1) is 0 Å². The van der Waals surface area contributed by atoms with Crippen LogP contribution in [0.2, 0.25) is 0 Å². The molecule has 1 rings (SSSR count). The van der Waals surface area contributed by atoms with Gasteiger partial charge in [-0.05, 0) is 26.7 Å². The molecule has 1 aliphatic rings. The summed E-state index contributed by atoms with van der Waals surface area (Å²) >= 11 is 0.